The largest absolute Gasteiger partial charge is 0.477 e. The summed E-state index contributed by atoms with van der Waals surface area (Å²) < 4.78 is 26.9. The molecule has 0 bridgehead atoms. The molecule has 2 N–H and O–H groups in total. The van der Waals surface area contributed by atoms with Crippen molar-refractivity contribution in [2.75, 3.05) is 4.72 Å². The van der Waals surface area contributed by atoms with Crippen molar-refractivity contribution in [1.82, 2.24) is 0 Å². The molecule has 0 aliphatic rings. The summed E-state index contributed by atoms with van der Waals surface area (Å²) in [6, 6.07) is 7.90. The van der Waals surface area contributed by atoms with Crippen molar-refractivity contribution in [3.8, 4) is 0 Å². The molecule has 0 saturated heterocycles. The van der Waals surface area contributed by atoms with Crippen molar-refractivity contribution in [2.24, 2.45) is 0 Å². The zero-order valence-corrected chi connectivity index (χ0v) is 12.5. The van der Waals surface area contributed by atoms with Gasteiger partial charge in [-0.2, -0.15) is 0 Å². The highest BCUT2D eigenvalue weighted by atomic mass is 32.2. The maximum atomic E-state index is 12.2. The lowest BCUT2D eigenvalue weighted by atomic mass is 10.1. The smallest absolute Gasteiger partial charge is 0.345 e. The topological polar surface area (TPSA) is 83.5 Å². The summed E-state index contributed by atoms with van der Waals surface area (Å²) in [5.41, 5.74) is 2.31. The molecule has 0 aliphatic heterocycles. The molecule has 0 fully saturated rings. The normalized spacial score (nSPS) is 11.3. The van der Waals surface area contributed by atoms with E-state index in [-0.39, 0.29) is 9.09 Å². The van der Waals surface area contributed by atoms with Crippen molar-refractivity contribution in [2.45, 2.75) is 18.1 Å². The van der Waals surface area contributed by atoms with Crippen LogP contribution in [0.4, 0.5) is 5.69 Å². The molecule has 2 rings (SSSR count). The Balaban J connectivity index is 2.35. The first-order chi connectivity index (χ1) is 9.31. The summed E-state index contributed by atoms with van der Waals surface area (Å²) in [6.45, 7) is 3.71. The Labute approximate surface area is 120 Å². The second-order valence-corrected chi connectivity index (χ2v) is 7.27. The summed E-state index contributed by atoms with van der Waals surface area (Å²) in [5, 5.41) is 8.83. The molecule has 0 saturated carbocycles. The number of sulfonamides is 1. The molecule has 1 aromatic heterocycles. The lowest BCUT2D eigenvalue weighted by molar-refractivity contribution is 0.0702. The Bertz CT molecular complexity index is 762. The highest BCUT2D eigenvalue weighted by molar-refractivity contribution is 7.94. The van der Waals surface area contributed by atoms with E-state index in [0.29, 0.717) is 5.69 Å². The standard InChI is InChI=1S/C13H13NO4S2/c1-8-4-3-5-10(9(8)2)14-20(17,18)12-7-6-11(19-12)13(15)16/h3-7,14H,1-2H3,(H,15,16). The van der Waals surface area contributed by atoms with Gasteiger partial charge in [0.15, 0.2) is 0 Å². The SMILES string of the molecule is Cc1cccc(NS(=O)(=O)c2ccc(C(=O)O)s2)c1C. The van der Waals surface area contributed by atoms with E-state index in [1.165, 1.54) is 12.1 Å². The molecule has 1 aromatic carbocycles. The van der Waals surface area contributed by atoms with Crippen molar-refractivity contribution < 1.29 is 18.3 Å². The van der Waals surface area contributed by atoms with Crippen LogP contribution < -0.4 is 4.72 Å². The van der Waals surface area contributed by atoms with Gasteiger partial charge in [-0.25, -0.2) is 13.2 Å². The highest BCUT2D eigenvalue weighted by Crippen LogP contribution is 2.26. The number of carbonyl (C=O) groups is 1. The number of benzene rings is 1. The zero-order valence-electron chi connectivity index (χ0n) is 10.9. The average Bonchev–Trinajstić information content (AvgIpc) is 2.85. The van der Waals surface area contributed by atoms with E-state index in [4.69, 9.17) is 5.11 Å². The third-order valence-corrected chi connectivity index (χ3v) is 5.84. The molecule has 0 spiro atoms. The van der Waals surface area contributed by atoms with Gasteiger partial charge < -0.3 is 5.11 Å². The fourth-order valence-corrected chi connectivity index (χ4v) is 3.90. The van der Waals surface area contributed by atoms with Crippen LogP contribution in [0.3, 0.4) is 0 Å². The van der Waals surface area contributed by atoms with E-state index >= 15 is 0 Å². The number of rotatable bonds is 4. The van der Waals surface area contributed by atoms with Gasteiger partial charge in [0.25, 0.3) is 10.0 Å². The van der Waals surface area contributed by atoms with E-state index in [2.05, 4.69) is 4.72 Å². The number of anilines is 1. The number of carboxylic acids is 1. The summed E-state index contributed by atoms with van der Waals surface area (Å²) in [4.78, 5) is 10.8. The van der Waals surface area contributed by atoms with Gasteiger partial charge >= 0.3 is 5.97 Å². The molecule has 0 amide bonds. The zero-order chi connectivity index (χ0) is 14.9. The summed E-state index contributed by atoms with van der Waals surface area (Å²) in [7, 11) is -3.76. The van der Waals surface area contributed by atoms with Crippen molar-refractivity contribution >= 4 is 33.0 Å². The Morgan fingerprint density at radius 3 is 2.50 bits per heavy atom. The van der Waals surface area contributed by atoms with E-state index < -0.39 is 16.0 Å². The number of thiophene rings is 1. The minimum atomic E-state index is -3.76. The van der Waals surface area contributed by atoms with E-state index in [1.54, 1.807) is 12.1 Å². The van der Waals surface area contributed by atoms with Crippen molar-refractivity contribution in [3.63, 3.8) is 0 Å². The number of aromatic carboxylic acids is 1. The van der Waals surface area contributed by atoms with Crippen LogP contribution in [-0.2, 0) is 10.0 Å². The van der Waals surface area contributed by atoms with Crippen LogP contribution >= 0.6 is 11.3 Å². The van der Waals surface area contributed by atoms with Gasteiger partial charge in [-0.1, -0.05) is 12.1 Å². The van der Waals surface area contributed by atoms with E-state index in [0.717, 1.165) is 22.5 Å². The average molecular weight is 311 g/mol. The van der Waals surface area contributed by atoms with Crippen LogP contribution in [0.1, 0.15) is 20.8 Å². The summed E-state index contributed by atoms with van der Waals surface area (Å²) >= 11 is 0.727. The third kappa shape index (κ3) is 2.83. The van der Waals surface area contributed by atoms with Gasteiger partial charge in [0, 0.05) is 0 Å². The second-order valence-electron chi connectivity index (χ2n) is 4.28. The predicted octanol–water partition coefficient (Wildman–Crippen LogP) is 2.86. The molecule has 1 heterocycles. The van der Waals surface area contributed by atoms with E-state index in [9.17, 15) is 13.2 Å². The second kappa shape index (κ2) is 5.26. The van der Waals surface area contributed by atoms with Crippen LogP contribution in [0.2, 0.25) is 0 Å². The molecule has 0 unspecified atom stereocenters. The van der Waals surface area contributed by atoms with Gasteiger partial charge in [0.1, 0.15) is 9.09 Å². The minimum absolute atomic E-state index is 0.00802. The Hall–Kier alpha value is -1.86. The molecule has 0 radical (unpaired) electrons. The number of hydrogen-bond acceptors (Lipinski definition) is 4. The first-order valence-corrected chi connectivity index (χ1v) is 8.03. The highest BCUT2D eigenvalue weighted by Gasteiger charge is 2.19. The van der Waals surface area contributed by atoms with Gasteiger partial charge in [-0.3, -0.25) is 4.72 Å². The molecule has 106 valence electrons. The Morgan fingerprint density at radius 2 is 1.90 bits per heavy atom. The maximum Gasteiger partial charge on any atom is 0.345 e. The number of aryl methyl sites for hydroxylation is 1. The van der Waals surface area contributed by atoms with Gasteiger partial charge in [0.05, 0.1) is 5.69 Å². The lowest BCUT2D eigenvalue weighted by Gasteiger charge is -2.10. The van der Waals surface area contributed by atoms with Crippen molar-refractivity contribution in [1.29, 1.82) is 0 Å². The number of hydrogen-bond donors (Lipinski definition) is 2. The van der Waals surface area contributed by atoms with Crippen LogP contribution in [0.5, 0.6) is 0 Å². The van der Waals surface area contributed by atoms with Gasteiger partial charge in [-0.05, 0) is 43.2 Å². The Morgan fingerprint density at radius 1 is 1.20 bits per heavy atom. The lowest BCUT2D eigenvalue weighted by Crippen LogP contribution is -2.12. The first kappa shape index (κ1) is 14.5. The monoisotopic (exact) mass is 311 g/mol. The molecule has 7 heteroatoms. The van der Waals surface area contributed by atoms with Crippen LogP contribution in [0, 0.1) is 13.8 Å². The number of nitrogens with one attached hydrogen (secondary N) is 1. The molecular formula is C13H13NO4S2. The summed E-state index contributed by atoms with van der Waals surface area (Å²) in [6.07, 6.45) is 0. The molecule has 5 nitrogen and oxygen atoms in total. The third-order valence-electron chi connectivity index (χ3n) is 2.91. The minimum Gasteiger partial charge on any atom is -0.477 e. The molecule has 0 atom stereocenters. The number of carboxylic acid groups (broad SMARTS) is 1. The molecule has 0 aliphatic carbocycles. The Kier molecular flexibility index (Phi) is 3.82. The van der Waals surface area contributed by atoms with Crippen LogP contribution in [0.15, 0.2) is 34.5 Å². The fraction of sp³-hybridized carbons (Fsp3) is 0.154. The van der Waals surface area contributed by atoms with Gasteiger partial charge in [0.2, 0.25) is 0 Å². The first-order valence-electron chi connectivity index (χ1n) is 5.73. The van der Waals surface area contributed by atoms with Gasteiger partial charge in [-0.15, -0.1) is 11.3 Å². The van der Waals surface area contributed by atoms with E-state index in [1.807, 2.05) is 19.9 Å². The van der Waals surface area contributed by atoms with Crippen LogP contribution in [0.25, 0.3) is 0 Å². The van der Waals surface area contributed by atoms with Crippen LogP contribution in [-0.4, -0.2) is 19.5 Å². The quantitative estimate of drug-likeness (QED) is 0.909. The molecule has 2 aromatic rings. The fourth-order valence-electron chi connectivity index (χ4n) is 1.64. The van der Waals surface area contributed by atoms with Crippen molar-refractivity contribution in [3.05, 3.63) is 46.3 Å². The summed E-state index contributed by atoms with van der Waals surface area (Å²) in [5.74, 6) is -1.14. The maximum absolute atomic E-state index is 12.2. The molecular weight excluding hydrogens is 298 g/mol. The molecule has 20 heavy (non-hydrogen) atoms. The predicted molar refractivity (Wildman–Crippen MR) is 78.0 cm³/mol.